The molecule has 0 aromatic heterocycles. The first kappa shape index (κ1) is 18.4. The van der Waals surface area contributed by atoms with Crippen molar-refractivity contribution in [2.24, 2.45) is 0 Å². The molecule has 2 aromatic rings. The summed E-state index contributed by atoms with van der Waals surface area (Å²) in [5.74, 6) is 0.108. The molecule has 0 saturated carbocycles. The van der Waals surface area contributed by atoms with Crippen LogP contribution in [0.5, 0.6) is 0 Å². The lowest BCUT2D eigenvalue weighted by molar-refractivity contribution is -1.01. The summed E-state index contributed by atoms with van der Waals surface area (Å²) >= 11 is 0. The third-order valence-corrected chi connectivity index (χ3v) is 4.93. The van der Waals surface area contributed by atoms with Crippen molar-refractivity contribution in [2.45, 2.75) is 6.92 Å². The molecule has 136 valence electrons. The van der Waals surface area contributed by atoms with Gasteiger partial charge in [-0.05, 0) is 30.7 Å². The fourth-order valence-corrected chi connectivity index (χ4v) is 3.33. The van der Waals surface area contributed by atoms with E-state index < -0.39 is 0 Å². The van der Waals surface area contributed by atoms with Crippen LogP contribution in [0.2, 0.25) is 0 Å². The maximum Gasteiger partial charge on any atom is 0.279 e. The summed E-state index contributed by atoms with van der Waals surface area (Å²) < 4.78 is 0. The van der Waals surface area contributed by atoms with Gasteiger partial charge in [-0.1, -0.05) is 54.1 Å². The van der Waals surface area contributed by atoms with Gasteiger partial charge in [0.25, 0.3) is 5.91 Å². The molecule has 1 fully saturated rings. The number of piperazine rings is 1. The van der Waals surface area contributed by atoms with Crippen molar-refractivity contribution < 1.29 is 14.6 Å². The molecular weight excluding hydrogens is 322 g/mol. The highest BCUT2D eigenvalue weighted by Crippen LogP contribution is 2.07. The highest BCUT2D eigenvalue weighted by molar-refractivity contribution is 5.91. The van der Waals surface area contributed by atoms with Crippen LogP contribution in [0.15, 0.2) is 60.7 Å². The average molecular weight is 351 g/mol. The summed E-state index contributed by atoms with van der Waals surface area (Å²) in [6.45, 7) is 8.00. The van der Waals surface area contributed by atoms with Gasteiger partial charge in [-0.15, -0.1) is 0 Å². The predicted molar refractivity (Wildman–Crippen MR) is 106 cm³/mol. The van der Waals surface area contributed by atoms with E-state index >= 15 is 0 Å². The monoisotopic (exact) mass is 351 g/mol. The zero-order valence-electron chi connectivity index (χ0n) is 15.5. The second kappa shape index (κ2) is 9.32. The molecule has 1 aliphatic heterocycles. The van der Waals surface area contributed by atoms with Crippen LogP contribution in [0.4, 0.5) is 5.69 Å². The Morgan fingerprint density at radius 3 is 2.31 bits per heavy atom. The van der Waals surface area contributed by atoms with Crippen molar-refractivity contribution in [1.29, 1.82) is 0 Å². The van der Waals surface area contributed by atoms with E-state index in [1.807, 2.05) is 37.3 Å². The topological polar surface area (TPSA) is 38.0 Å². The highest BCUT2D eigenvalue weighted by Gasteiger charge is 2.23. The average Bonchev–Trinajstić information content (AvgIpc) is 2.66. The number of carbonyl (C=O) groups excluding carboxylic acids is 1. The van der Waals surface area contributed by atoms with Crippen molar-refractivity contribution in [1.82, 2.24) is 0 Å². The quantitative estimate of drug-likeness (QED) is 0.694. The molecule has 1 amide bonds. The first-order chi connectivity index (χ1) is 12.7. The largest absolute Gasteiger partial charge is 0.322 e. The van der Waals surface area contributed by atoms with Crippen molar-refractivity contribution in [2.75, 3.05) is 44.6 Å². The Bertz CT molecular complexity index is 717. The zero-order valence-corrected chi connectivity index (χ0v) is 15.5. The molecule has 3 N–H and O–H groups in total. The molecule has 0 aliphatic carbocycles. The molecular formula is C22H29N3O+2. The molecule has 4 nitrogen and oxygen atoms in total. The van der Waals surface area contributed by atoms with E-state index in [4.69, 9.17) is 0 Å². The normalized spacial score (nSPS) is 20.2. The Kier molecular flexibility index (Phi) is 6.58. The van der Waals surface area contributed by atoms with Gasteiger partial charge in [-0.25, -0.2) is 0 Å². The van der Waals surface area contributed by atoms with Gasteiger partial charge in [0.1, 0.15) is 26.2 Å². The first-order valence-corrected chi connectivity index (χ1v) is 9.44. The van der Waals surface area contributed by atoms with Crippen molar-refractivity contribution >= 4 is 17.7 Å². The third-order valence-electron chi connectivity index (χ3n) is 4.93. The van der Waals surface area contributed by atoms with E-state index in [2.05, 4.69) is 41.7 Å². The number of anilines is 1. The third kappa shape index (κ3) is 5.83. The number of carbonyl (C=O) groups is 1. The minimum atomic E-state index is 0.108. The Balaban J connectivity index is 1.37. The van der Waals surface area contributed by atoms with Crippen LogP contribution in [0.1, 0.15) is 11.1 Å². The Labute approximate surface area is 156 Å². The van der Waals surface area contributed by atoms with E-state index in [0.29, 0.717) is 6.54 Å². The second-order valence-corrected chi connectivity index (χ2v) is 7.11. The molecule has 4 heteroatoms. The van der Waals surface area contributed by atoms with Crippen LogP contribution in [0.3, 0.4) is 0 Å². The molecule has 3 rings (SSSR count). The summed E-state index contributed by atoms with van der Waals surface area (Å²) in [6.07, 6.45) is 4.46. The van der Waals surface area contributed by atoms with Crippen LogP contribution in [0.25, 0.3) is 6.08 Å². The van der Waals surface area contributed by atoms with Crippen LogP contribution in [0, 0.1) is 6.92 Å². The van der Waals surface area contributed by atoms with E-state index in [9.17, 15) is 4.79 Å². The smallest absolute Gasteiger partial charge is 0.279 e. The second-order valence-electron chi connectivity index (χ2n) is 7.11. The minimum absolute atomic E-state index is 0.108. The van der Waals surface area contributed by atoms with Crippen LogP contribution < -0.4 is 15.1 Å². The summed E-state index contributed by atoms with van der Waals surface area (Å²) in [4.78, 5) is 15.2. The molecule has 0 unspecified atom stereocenters. The van der Waals surface area contributed by atoms with E-state index in [1.54, 1.807) is 4.90 Å². The van der Waals surface area contributed by atoms with Gasteiger partial charge in [0.05, 0.1) is 6.54 Å². The molecule has 0 radical (unpaired) electrons. The minimum Gasteiger partial charge on any atom is -0.322 e. The lowest BCUT2D eigenvalue weighted by Gasteiger charge is -2.28. The summed E-state index contributed by atoms with van der Waals surface area (Å²) in [7, 11) is 0. The zero-order chi connectivity index (χ0) is 18.2. The summed E-state index contributed by atoms with van der Waals surface area (Å²) in [5, 5.41) is 3.00. The van der Waals surface area contributed by atoms with Gasteiger partial charge in [-0.3, -0.25) is 4.79 Å². The summed E-state index contributed by atoms with van der Waals surface area (Å²) in [6, 6.07) is 18.4. The number of aryl methyl sites for hydroxylation is 1. The van der Waals surface area contributed by atoms with Crippen molar-refractivity contribution in [3.63, 3.8) is 0 Å². The Morgan fingerprint density at radius 2 is 1.62 bits per heavy atom. The number of quaternary nitrogens is 2. The number of hydrogen-bond donors (Lipinski definition) is 3. The lowest BCUT2D eigenvalue weighted by atomic mass is 10.2. The fraction of sp³-hybridized carbons (Fsp3) is 0.318. The molecule has 26 heavy (non-hydrogen) atoms. The molecule has 0 spiro atoms. The maximum absolute atomic E-state index is 12.2. The predicted octanol–water partition coefficient (Wildman–Crippen LogP) is 0.430. The SMILES string of the molecule is Cc1ccc(NC(=O)C[NH+]2CC[NH+](C/C=C/c3ccccc3)CC2)cc1. The number of amides is 1. The maximum atomic E-state index is 12.2. The van der Waals surface area contributed by atoms with Gasteiger partial charge < -0.3 is 15.1 Å². The van der Waals surface area contributed by atoms with E-state index in [-0.39, 0.29) is 5.91 Å². The van der Waals surface area contributed by atoms with E-state index in [1.165, 1.54) is 16.0 Å². The Morgan fingerprint density at radius 1 is 0.962 bits per heavy atom. The highest BCUT2D eigenvalue weighted by atomic mass is 16.2. The van der Waals surface area contributed by atoms with E-state index in [0.717, 1.165) is 38.4 Å². The fourth-order valence-electron chi connectivity index (χ4n) is 3.33. The van der Waals surface area contributed by atoms with Gasteiger partial charge in [0, 0.05) is 5.69 Å². The first-order valence-electron chi connectivity index (χ1n) is 9.44. The lowest BCUT2D eigenvalue weighted by Crippen LogP contribution is -3.28. The molecule has 1 aliphatic rings. The van der Waals surface area contributed by atoms with Crippen LogP contribution in [-0.4, -0.2) is 45.2 Å². The standard InChI is InChI=1S/C22H27N3O/c1-19-9-11-21(12-10-19)23-22(26)18-25-16-14-24(15-17-25)13-5-8-20-6-3-2-4-7-20/h2-12H,13-18H2,1H3,(H,23,26)/p+2/b8-5+. The van der Waals surface area contributed by atoms with Gasteiger partial charge in [0.15, 0.2) is 6.54 Å². The molecule has 0 bridgehead atoms. The van der Waals surface area contributed by atoms with Crippen LogP contribution in [-0.2, 0) is 4.79 Å². The van der Waals surface area contributed by atoms with Gasteiger partial charge in [0.2, 0.25) is 0 Å². The number of nitrogens with one attached hydrogen (secondary N) is 3. The number of benzene rings is 2. The number of hydrogen-bond acceptors (Lipinski definition) is 1. The van der Waals surface area contributed by atoms with Crippen molar-refractivity contribution in [3.8, 4) is 0 Å². The molecule has 1 saturated heterocycles. The number of rotatable bonds is 6. The van der Waals surface area contributed by atoms with Crippen molar-refractivity contribution in [3.05, 3.63) is 71.8 Å². The summed E-state index contributed by atoms with van der Waals surface area (Å²) in [5.41, 5.74) is 3.34. The van der Waals surface area contributed by atoms with Gasteiger partial charge >= 0.3 is 0 Å². The van der Waals surface area contributed by atoms with Crippen LogP contribution >= 0.6 is 0 Å². The molecule has 0 atom stereocenters. The van der Waals surface area contributed by atoms with Gasteiger partial charge in [-0.2, -0.15) is 0 Å². The molecule has 2 aromatic carbocycles. The molecule has 1 heterocycles. The Hall–Kier alpha value is -2.43.